The summed E-state index contributed by atoms with van der Waals surface area (Å²) in [5.41, 5.74) is 3.44. The number of amides is 1. The highest BCUT2D eigenvalue weighted by atomic mass is 16.2. The first kappa shape index (κ1) is 17.0. The fraction of sp³-hybridized carbons (Fsp3) is 0.391. The van der Waals surface area contributed by atoms with Gasteiger partial charge >= 0.3 is 0 Å². The molecule has 1 heterocycles. The van der Waals surface area contributed by atoms with E-state index in [9.17, 15) is 4.79 Å². The van der Waals surface area contributed by atoms with Crippen molar-refractivity contribution in [3.8, 4) is 0 Å². The van der Waals surface area contributed by atoms with E-state index in [-0.39, 0.29) is 17.4 Å². The van der Waals surface area contributed by atoms with Crippen molar-refractivity contribution in [2.45, 2.75) is 56.9 Å². The topological polar surface area (TPSA) is 32.7 Å². The van der Waals surface area contributed by atoms with Crippen LogP contribution in [0.3, 0.4) is 0 Å². The summed E-state index contributed by atoms with van der Waals surface area (Å²) in [6, 6.07) is 21.1. The summed E-state index contributed by atoms with van der Waals surface area (Å²) in [5, 5.41) is 6.67. The second-order valence-corrected chi connectivity index (χ2v) is 7.48. The van der Waals surface area contributed by atoms with Crippen molar-refractivity contribution < 1.29 is 4.79 Å². The molecule has 1 aliphatic carbocycles. The number of hydrogen-bond acceptors (Lipinski definition) is 2. The van der Waals surface area contributed by atoms with Gasteiger partial charge in [-0.15, -0.1) is 0 Å². The molecule has 2 aromatic rings. The van der Waals surface area contributed by atoms with Gasteiger partial charge in [0, 0.05) is 6.92 Å². The van der Waals surface area contributed by atoms with Crippen LogP contribution in [-0.2, 0) is 10.2 Å². The molecule has 1 fully saturated rings. The Labute approximate surface area is 155 Å². The molecule has 1 amide bonds. The number of rotatable bonds is 2. The van der Waals surface area contributed by atoms with Crippen LogP contribution in [0.15, 0.2) is 65.8 Å². The van der Waals surface area contributed by atoms with Crippen LogP contribution in [0.4, 0.5) is 0 Å². The molecule has 0 N–H and O–H groups in total. The highest BCUT2D eigenvalue weighted by molar-refractivity contribution is 5.99. The number of benzene rings is 2. The molecule has 0 saturated heterocycles. The second kappa shape index (κ2) is 7.06. The monoisotopic (exact) mass is 346 g/mol. The molecule has 0 unspecified atom stereocenters. The van der Waals surface area contributed by atoms with Gasteiger partial charge < -0.3 is 0 Å². The molecule has 1 saturated carbocycles. The third-order valence-electron chi connectivity index (χ3n) is 5.92. The normalized spacial score (nSPS) is 25.8. The van der Waals surface area contributed by atoms with E-state index in [1.165, 1.54) is 36.1 Å². The number of hydrogen-bond donors (Lipinski definition) is 0. The summed E-state index contributed by atoms with van der Waals surface area (Å²) >= 11 is 0. The minimum absolute atomic E-state index is 0.0217. The molecule has 2 atom stereocenters. The number of carbonyl (C=O) groups excluding carboxylic acids is 1. The van der Waals surface area contributed by atoms with Crippen LogP contribution in [0.2, 0.25) is 0 Å². The van der Waals surface area contributed by atoms with Crippen molar-refractivity contribution >= 4 is 11.6 Å². The fourth-order valence-corrected chi connectivity index (χ4v) is 4.77. The van der Waals surface area contributed by atoms with E-state index in [4.69, 9.17) is 5.10 Å². The molecule has 26 heavy (non-hydrogen) atoms. The summed E-state index contributed by atoms with van der Waals surface area (Å²) < 4.78 is 0. The molecule has 3 nitrogen and oxygen atoms in total. The lowest BCUT2D eigenvalue weighted by molar-refractivity contribution is -0.131. The Morgan fingerprint density at radius 1 is 0.962 bits per heavy atom. The van der Waals surface area contributed by atoms with Gasteiger partial charge in [-0.05, 0) is 30.4 Å². The van der Waals surface area contributed by atoms with E-state index in [1.807, 2.05) is 6.07 Å². The Morgan fingerprint density at radius 2 is 1.62 bits per heavy atom. The van der Waals surface area contributed by atoms with E-state index in [0.717, 1.165) is 19.3 Å². The zero-order valence-electron chi connectivity index (χ0n) is 15.4. The van der Waals surface area contributed by atoms with Crippen molar-refractivity contribution in [1.29, 1.82) is 0 Å². The van der Waals surface area contributed by atoms with Crippen LogP contribution in [-0.4, -0.2) is 16.6 Å². The van der Waals surface area contributed by atoms with Gasteiger partial charge in [-0.3, -0.25) is 4.79 Å². The zero-order valence-corrected chi connectivity index (χ0v) is 15.4. The third kappa shape index (κ3) is 2.76. The van der Waals surface area contributed by atoms with Crippen molar-refractivity contribution in [3.05, 3.63) is 71.8 Å². The summed E-state index contributed by atoms with van der Waals surface area (Å²) in [7, 11) is 0. The maximum Gasteiger partial charge on any atom is 0.240 e. The van der Waals surface area contributed by atoms with Gasteiger partial charge in [0.25, 0.3) is 0 Å². The average Bonchev–Trinajstić information content (AvgIpc) is 2.98. The number of hydrazone groups is 1. The maximum absolute atomic E-state index is 12.5. The molecule has 0 radical (unpaired) electrons. The van der Waals surface area contributed by atoms with E-state index >= 15 is 0 Å². The highest BCUT2D eigenvalue weighted by Gasteiger charge is 2.53. The first-order valence-corrected chi connectivity index (χ1v) is 9.72. The molecule has 0 aromatic heterocycles. The minimum atomic E-state index is -0.214. The number of carbonyl (C=O) groups is 1. The molecular weight excluding hydrogens is 320 g/mol. The predicted molar refractivity (Wildman–Crippen MR) is 105 cm³/mol. The molecule has 1 aliphatic heterocycles. The predicted octanol–water partition coefficient (Wildman–Crippen LogP) is 5.24. The van der Waals surface area contributed by atoms with Crippen LogP contribution in [0.1, 0.15) is 62.6 Å². The molecule has 0 bridgehead atoms. The van der Waals surface area contributed by atoms with Gasteiger partial charge in [-0.25, -0.2) is 5.01 Å². The summed E-state index contributed by atoms with van der Waals surface area (Å²) in [4.78, 5) is 12.5. The molecule has 3 heteroatoms. The SMILES string of the molecule is CC(=O)N1N=C2CCCCCC[C@]2(c2ccccc2)[C@@H]1c1ccccc1. The van der Waals surface area contributed by atoms with Crippen molar-refractivity contribution in [2.75, 3.05) is 0 Å². The van der Waals surface area contributed by atoms with Crippen LogP contribution < -0.4 is 0 Å². The number of nitrogens with zero attached hydrogens (tertiary/aromatic N) is 2. The van der Waals surface area contributed by atoms with Crippen molar-refractivity contribution in [2.24, 2.45) is 5.10 Å². The highest BCUT2D eigenvalue weighted by Crippen LogP contribution is 2.52. The Morgan fingerprint density at radius 3 is 2.31 bits per heavy atom. The van der Waals surface area contributed by atoms with Gasteiger partial charge in [0.1, 0.15) is 0 Å². The minimum Gasteiger partial charge on any atom is -0.273 e. The summed E-state index contributed by atoms with van der Waals surface area (Å²) in [5.74, 6) is 0.0217. The smallest absolute Gasteiger partial charge is 0.240 e. The molecule has 2 aliphatic rings. The first-order valence-electron chi connectivity index (χ1n) is 9.72. The Balaban J connectivity index is 1.94. The van der Waals surface area contributed by atoms with Crippen LogP contribution in [0.25, 0.3) is 0 Å². The standard InChI is InChI=1S/C23H26N2O/c1-18(26)25-22(19-12-6-4-7-13-19)23(20-14-8-5-9-15-20)17-11-3-2-10-16-21(23)24-25/h4-9,12-15,22H,2-3,10-11,16-17H2,1H3/t22-,23+/m0/s1. The van der Waals surface area contributed by atoms with Gasteiger partial charge in [-0.1, -0.05) is 79.9 Å². The van der Waals surface area contributed by atoms with Gasteiger partial charge in [0.05, 0.1) is 17.2 Å². The Kier molecular flexibility index (Phi) is 4.62. The van der Waals surface area contributed by atoms with Crippen LogP contribution >= 0.6 is 0 Å². The van der Waals surface area contributed by atoms with E-state index in [0.29, 0.717) is 0 Å². The van der Waals surface area contributed by atoms with Crippen LogP contribution in [0.5, 0.6) is 0 Å². The van der Waals surface area contributed by atoms with Gasteiger partial charge in [-0.2, -0.15) is 5.10 Å². The first-order chi connectivity index (χ1) is 12.7. The van der Waals surface area contributed by atoms with E-state index in [2.05, 4.69) is 54.6 Å². The molecule has 4 rings (SSSR count). The van der Waals surface area contributed by atoms with E-state index in [1.54, 1.807) is 11.9 Å². The van der Waals surface area contributed by atoms with Gasteiger partial charge in [0.2, 0.25) is 5.91 Å². The Hall–Kier alpha value is -2.42. The second-order valence-electron chi connectivity index (χ2n) is 7.48. The lowest BCUT2D eigenvalue weighted by Crippen LogP contribution is -2.43. The zero-order chi connectivity index (χ0) is 18.0. The molecule has 0 spiro atoms. The van der Waals surface area contributed by atoms with Crippen molar-refractivity contribution in [1.82, 2.24) is 5.01 Å². The quantitative estimate of drug-likeness (QED) is 0.732. The average molecular weight is 346 g/mol. The van der Waals surface area contributed by atoms with Gasteiger partial charge in [0.15, 0.2) is 0 Å². The summed E-state index contributed by atoms with van der Waals surface area (Å²) in [6.07, 6.45) is 6.84. The molecular formula is C23H26N2O. The number of fused-ring (bicyclic) bond motifs is 1. The fourth-order valence-electron chi connectivity index (χ4n) is 4.77. The molecule has 2 aromatic carbocycles. The molecule has 134 valence electrons. The third-order valence-corrected chi connectivity index (χ3v) is 5.92. The lowest BCUT2D eigenvalue weighted by atomic mass is 9.64. The van der Waals surface area contributed by atoms with Crippen molar-refractivity contribution in [3.63, 3.8) is 0 Å². The van der Waals surface area contributed by atoms with Crippen LogP contribution in [0, 0.1) is 0 Å². The van der Waals surface area contributed by atoms with E-state index < -0.39 is 0 Å². The lowest BCUT2D eigenvalue weighted by Gasteiger charge is -2.40. The maximum atomic E-state index is 12.5. The summed E-state index contributed by atoms with van der Waals surface area (Å²) in [6.45, 7) is 1.64. The Bertz CT molecular complexity index is 799. The largest absolute Gasteiger partial charge is 0.273 e.